The summed E-state index contributed by atoms with van der Waals surface area (Å²) in [6.45, 7) is 13.3. The highest BCUT2D eigenvalue weighted by molar-refractivity contribution is 5.15. The van der Waals surface area contributed by atoms with Crippen LogP contribution in [-0.4, -0.2) is 12.7 Å². The topological polar surface area (TPSA) is 9.23 Å². The van der Waals surface area contributed by atoms with E-state index in [0.717, 1.165) is 18.8 Å². The standard InChI is InChI=1S/C13H24O/c1-10-7-8-11(12(2,3)4)9-13(10,5)14-6/h11H,1,7-9H2,2-6H3/t11-,13+/m0/s1. The van der Waals surface area contributed by atoms with Crippen molar-refractivity contribution in [3.63, 3.8) is 0 Å². The summed E-state index contributed by atoms with van der Waals surface area (Å²) in [5, 5.41) is 0. The molecule has 0 radical (unpaired) electrons. The van der Waals surface area contributed by atoms with Crippen molar-refractivity contribution in [2.24, 2.45) is 11.3 Å². The van der Waals surface area contributed by atoms with Crippen LogP contribution in [0.3, 0.4) is 0 Å². The highest BCUT2D eigenvalue weighted by Gasteiger charge is 2.39. The SMILES string of the molecule is C=C1CC[C@H](C(C)(C)C)C[C@@]1(C)OC. The van der Waals surface area contributed by atoms with E-state index >= 15 is 0 Å². The van der Waals surface area contributed by atoms with Crippen molar-refractivity contribution in [3.05, 3.63) is 12.2 Å². The summed E-state index contributed by atoms with van der Waals surface area (Å²) in [5.74, 6) is 0.748. The van der Waals surface area contributed by atoms with E-state index in [0.29, 0.717) is 5.41 Å². The van der Waals surface area contributed by atoms with Crippen LogP contribution >= 0.6 is 0 Å². The largest absolute Gasteiger partial charge is 0.374 e. The van der Waals surface area contributed by atoms with Gasteiger partial charge in [-0.05, 0) is 43.1 Å². The fourth-order valence-corrected chi connectivity index (χ4v) is 2.30. The van der Waals surface area contributed by atoms with Crippen LogP contribution in [0.25, 0.3) is 0 Å². The van der Waals surface area contributed by atoms with E-state index in [1.807, 2.05) is 0 Å². The minimum Gasteiger partial charge on any atom is -0.374 e. The Balaban J connectivity index is 2.77. The van der Waals surface area contributed by atoms with Gasteiger partial charge in [-0.3, -0.25) is 0 Å². The smallest absolute Gasteiger partial charge is 0.0859 e. The van der Waals surface area contributed by atoms with Crippen LogP contribution in [0.5, 0.6) is 0 Å². The Kier molecular flexibility index (Phi) is 3.10. The first-order valence-corrected chi connectivity index (χ1v) is 5.53. The molecule has 82 valence electrons. The van der Waals surface area contributed by atoms with Crippen LogP contribution < -0.4 is 0 Å². The van der Waals surface area contributed by atoms with E-state index in [1.54, 1.807) is 7.11 Å². The molecule has 1 nitrogen and oxygen atoms in total. The quantitative estimate of drug-likeness (QED) is 0.580. The predicted octanol–water partition coefficient (Wildman–Crippen LogP) is 3.79. The zero-order chi connectivity index (χ0) is 11.0. The third kappa shape index (κ3) is 2.20. The van der Waals surface area contributed by atoms with Crippen molar-refractivity contribution in [1.29, 1.82) is 0 Å². The molecule has 1 saturated carbocycles. The summed E-state index contributed by atoms with van der Waals surface area (Å²) < 4.78 is 5.62. The van der Waals surface area contributed by atoms with Crippen molar-refractivity contribution < 1.29 is 4.74 Å². The summed E-state index contributed by atoms with van der Waals surface area (Å²) in [5.41, 5.74) is 1.57. The molecular formula is C13H24O. The van der Waals surface area contributed by atoms with Gasteiger partial charge in [0.25, 0.3) is 0 Å². The number of methoxy groups -OCH3 is 1. The molecular weight excluding hydrogens is 172 g/mol. The highest BCUT2D eigenvalue weighted by atomic mass is 16.5. The summed E-state index contributed by atoms with van der Waals surface area (Å²) in [6, 6.07) is 0. The first-order valence-electron chi connectivity index (χ1n) is 5.53. The maximum Gasteiger partial charge on any atom is 0.0859 e. The average molecular weight is 196 g/mol. The van der Waals surface area contributed by atoms with Crippen LogP contribution in [0.1, 0.15) is 47.0 Å². The van der Waals surface area contributed by atoms with E-state index in [-0.39, 0.29) is 5.60 Å². The molecule has 0 unspecified atom stereocenters. The summed E-state index contributed by atoms with van der Waals surface area (Å²) in [4.78, 5) is 0. The van der Waals surface area contributed by atoms with Crippen LogP contribution in [0.4, 0.5) is 0 Å². The Labute approximate surface area is 88.5 Å². The van der Waals surface area contributed by atoms with Gasteiger partial charge in [-0.15, -0.1) is 0 Å². The molecule has 1 heteroatoms. The lowest BCUT2D eigenvalue weighted by molar-refractivity contribution is -0.0184. The van der Waals surface area contributed by atoms with Gasteiger partial charge in [-0.25, -0.2) is 0 Å². The number of rotatable bonds is 1. The van der Waals surface area contributed by atoms with Crippen LogP contribution in [0, 0.1) is 11.3 Å². The molecule has 0 saturated heterocycles. The van der Waals surface area contributed by atoms with Gasteiger partial charge in [0.1, 0.15) is 0 Å². The molecule has 0 N–H and O–H groups in total. The van der Waals surface area contributed by atoms with Crippen molar-refractivity contribution >= 4 is 0 Å². The van der Waals surface area contributed by atoms with Crippen LogP contribution in [0.2, 0.25) is 0 Å². The zero-order valence-electron chi connectivity index (χ0n) is 10.3. The van der Waals surface area contributed by atoms with Gasteiger partial charge in [0.15, 0.2) is 0 Å². The third-order valence-electron chi connectivity index (χ3n) is 3.85. The molecule has 1 aliphatic rings. The lowest BCUT2D eigenvalue weighted by Gasteiger charge is -2.44. The second-order valence-corrected chi connectivity index (χ2v) is 5.84. The van der Waals surface area contributed by atoms with E-state index < -0.39 is 0 Å². The Hall–Kier alpha value is -0.300. The maximum absolute atomic E-state index is 5.62. The van der Waals surface area contributed by atoms with E-state index in [9.17, 15) is 0 Å². The van der Waals surface area contributed by atoms with Gasteiger partial charge < -0.3 is 4.74 Å². The van der Waals surface area contributed by atoms with Crippen molar-refractivity contribution in [1.82, 2.24) is 0 Å². The molecule has 0 heterocycles. The predicted molar refractivity (Wildman–Crippen MR) is 61.4 cm³/mol. The van der Waals surface area contributed by atoms with E-state index in [1.165, 1.54) is 12.0 Å². The monoisotopic (exact) mass is 196 g/mol. The first kappa shape index (κ1) is 11.8. The van der Waals surface area contributed by atoms with Gasteiger partial charge >= 0.3 is 0 Å². The Morgan fingerprint density at radius 2 is 2.00 bits per heavy atom. The molecule has 14 heavy (non-hydrogen) atoms. The molecule has 0 aromatic rings. The maximum atomic E-state index is 5.62. The van der Waals surface area contributed by atoms with Crippen molar-refractivity contribution in [2.75, 3.05) is 7.11 Å². The molecule has 0 spiro atoms. The number of ether oxygens (including phenoxy) is 1. The minimum atomic E-state index is -0.0871. The normalized spacial score (nSPS) is 34.6. The molecule has 1 aliphatic carbocycles. The van der Waals surface area contributed by atoms with Gasteiger partial charge in [0, 0.05) is 7.11 Å². The molecule has 0 aromatic carbocycles. The van der Waals surface area contributed by atoms with Gasteiger partial charge in [-0.1, -0.05) is 27.4 Å². The molecule has 0 aliphatic heterocycles. The first-order chi connectivity index (χ1) is 6.29. The van der Waals surface area contributed by atoms with Gasteiger partial charge in [0.05, 0.1) is 5.60 Å². The highest BCUT2D eigenvalue weighted by Crippen LogP contribution is 2.45. The molecule has 1 rings (SSSR count). The molecule has 1 fully saturated rings. The lowest BCUT2D eigenvalue weighted by Crippen LogP contribution is -2.40. The van der Waals surface area contributed by atoms with Crippen LogP contribution in [-0.2, 0) is 4.74 Å². The summed E-state index contributed by atoms with van der Waals surface area (Å²) >= 11 is 0. The average Bonchev–Trinajstić information content (AvgIpc) is 2.08. The van der Waals surface area contributed by atoms with Gasteiger partial charge in [-0.2, -0.15) is 0 Å². The molecule has 0 aromatic heterocycles. The Bertz CT molecular complexity index is 224. The van der Waals surface area contributed by atoms with Crippen molar-refractivity contribution in [2.45, 2.75) is 52.6 Å². The lowest BCUT2D eigenvalue weighted by atomic mass is 9.66. The van der Waals surface area contributed by atoms with Crippen molar-refractivity contribution in [3.8, 4) is 0 Å². The molecule has 2 atom stereocenters. The van der Waals surface area contributed by atoms with E-state index in [2.05, 4.69) is 34.3 Å². The zero-order valence-corrected chi connectivity index (χ0v) is 10.3. The third-order valence-corrected chi connectivity index (χ3v) is 3.85. The fourth-order valence-electron chi connectivity index (χ4n) is 2.30. The molecule has 0 amide bonds. The fraction of sp³-hybridized carbons (Fsp3) is 0.846. The van der Waals surface area contributed by atoms with Gasteiger partial charge in [0.2, 0.25) is 0 Å². The number of hydrogen-bond donors (Lipinski definition) is 0. The van der Waals surface area contributed by atoms with E-state index in [4.69, 9.17) is 4.74 Å². The molecule has 0 bridgehead atoms. The summed E-state index contributed by atoms with van der Waals surface area (Å²) in [7, 11) is 1.80. The second kappa shape index (κ2) is 3.69. The summed E-state index contributed by atoms with van der Waals surface area (Å²) in [6.07, 6.45) is 3.50. The minimum absolute atomic E-state index is 0.0871. The number of hydrogen-bond acceptors (Lipinski definition) is 1. The second-order valence-electron chi connectivity index (χ2n) is 5.84. The Morgan fingerprint density at radius 3 is 2.43 bits per heavy atom. The van der Waals surface area contributed by atoms with Crippen LogP contribution in [0.15, 0.2) is 12.2 Å². The Morgan fingerprint density at radius 1 is 1.43 bits per heavy atom.